The quantitative estimate of drug-likeness (QED) is 0.768. The minimum atomic E-state index is -0.558. The molecule has 0 aliphatic heterocycles. The first-order valence-electron chi connectivity index (χ1n) is 10.1. The molecular formula is C21H31NO3S. The highest BCUT2D eigenvalue weighted by atomic mass is 32.1. The lowest BCUT2D eigenvalue weighted by molar-refractivity contribution is -0.157. The van der Waals surface area contributed by atoms with E-state index in [0.717, 1.165) is 37.0 Å². The fourth-order valence-corrected chi connectivity index (χ4v) is 5.61. The van der Waals surface area contributed by atoms with E-state index in [1.165, 1.54) is 36.1 Å². The van der Waals surface area contributed by atoms with Crippen LogP contribution < -0.4 is 5.32 Å². The number of esters is 1. The molecule has 0 bridgehead atoms. The maximum Gasteiger partial charge on any atom is 0.314 e. The summed E-state index contributed by atoms with van der Waals surface area (Å²) in [5, 5.41) is 3.06. The predicted molar refractivity (Wildman–Crippen MR) is 105 cm³/mol. The van der Waals surface area contributed by atoms with Gasteiger partial charge >= 0.3 is 5.97 Å². The fourth-order valence-electron chi connectivity index (χ4n) is 4.44. The number of nitrogens with one attached hydrogen (secondary N) is 1. The summed E-state index contributed by atoms with van der Waals surface area (Å²) in [6, 6.07) is 2.08. The zero-order valence-corrected chi connectivity index (χ0v) is 16.9. The topological polar surface area (TPSA) is 55.4 Å². The lowest BCUT2D eigenvalue weighted by Gasteiger charge is -2.31. The minimum Gasteiger partial charge on any atom is -0.466 e. The van der Waals surface area contributed by atoms with E-state index in [1.807, 2.05) is 6.92 Å². The van der Waals surface area contributed by atoms with Crippen LogP contribution in [0.5, 0.6) is 0 Å². The summed E-state index contributed by atoms with van der Waals surface area (Å²) in [7, 11) is 0. The van der Waals surface area contributed by atoms with Crippen molar-refractivity contribution >= 4 is 23.2 Å². The standard InChI is InChI=1S/C21H31NO3S/c1-3-25-20(24)21(12-8-9-15(21)2)14-22-19(23)18-13-16-10-6-4-5-7-11-17(16)26-18/h13,15H,3-12,14H2,1-2H3,(H,22,23). The number of fused-ring (bicyclic) bond motifs is 1. The van der Waals surface area contributed by atoms with E-state index in [0.29, 0.717) is 13.2 Å². The first-order chi connectivity index (χ1) is 12.6. The highest BCUT2D eigenvalue weighted by Crippen LogP contribution is 2.44. The second kappa shape index (κ2) is 8.55. The monoisotopic (exact) mass is 377 g/mol. The molecule has 2 atom stereocenters. The van der Waals surface area contributed by atoms with E-state index in [2.05, 4.69) is 18.3 Å². The molecule has 3 rings (SSSR count). The van der Waals surface area contributed by atoms with Crippen molar-refractivity contribution in [2.75, 3.05) is 13.2 Å². The molecule has 2 aliphatic rings. The third-order valence-electron chi connectivity index (χ3n) is 6.17. The predicted octanol–water partition coefficient (Wildman–Crippen LogP) is 4.51. The number of ether oxygens (including phenoxy) is 1. The molecule has 1 saturated carbocycles. The van der Waals surface area contributed by atoms with Gasteiger partial charge in [0, 0.05) is 11.4 Å². The first kappa shape index (κ1) is 19.4. The van der Waals surface area contributed by atoms with E-state index in [4.69, 9.17) is 4.74 Å². The number of rotatable bonds is 5. The van der Waals surface area contributed by atoms with Crippen molar-refractivity contribution < 1.29 is 14.3 Å². The average molecular weight is 378 g/mol. The molecule has 1 heterocycles. The largest absolute Gasteiger partial charge is 0.466 e. The molecule has 1 amide bonds. The zero-order valence-electron chi connectivity index (χ0n) is 16.1. The maximum atomic E-state index is 12.8. The van der Waals surface area contributed by atoms with Crippen molar-refractivity contribution in [1.82, 2.24) is 5.32 Å². The third kappa shape index (κ3) is 3.98. The molecule has 2 aliphatic carbocycles. The Morgan fingerprint density at radius 1 is 1.23 bits per heavy atom. The van der Waals surface area contributed by atoms with Crippen molar-refractivity contribution in [2.45, 2.75) is 71.6 Å². The van der Waals surface area contributed by atoms with Gasteiger partial charge in [-0.2, -0.15) is 0 Å². The van der Waals surface area contributed by atoms with E-state index >= 15 is 0 Å². The van der Waals surface area contributed by atoms with E-state index in [9.17, 15) is 9.59 Å². The van der Waals surface area contributed by atoms with Gasteiger partial charge in [-0.1, -0.05) is 26.2 Å². The van der Waals surface area contributed by atoms with Gasteiger partial charge in [-0.15, -0.1) is 11.3 Å². The van der Waals surface area contributed by atoms with Crippen LogP contribution in [0, 0.1) is 11.3 Å². The Morgan fingerprint density at radius 2 is 2.00 bits per heavy atom. The van der Waals surface area contributed by atoms with Crippen molar-refractivity contribution in [3.63, 3.8) is 0 Å². The Kier molecular flexibility index (Phi) is 6.38. The minimum absolute atomic E-state index is 0.0375. The number of thiophene rings is 1. The summed E-state index contributed by atoms with van der Waals surface area (Å²) >= 11 is 1.64. The molecule has 2 unspecified atom stereocenters. The molecule has 1 aromatic rings. The normalized spacial score (nSPS) is 25.8. The maximum absolute atomic E-state index is 12.8. The first-order valence-corrected chi connectivity index (χ1v) is 11.0. The Bertz CT molecular complexity index is 628. The summed E-state index contributed by atoms with van der Waals surface area (Å²) in [4.78, 5) is 27.5. The second-order valence-corrected chi connectivity index (χ2v) is 8.96. The Morgan fingerprint density at radius 3 is 2.69 bits per heavy atom. The van der Waals surface area contributed by atoms with Crippen LogP contribution in [0.4, 0.5) is 0 Å². The summed E-state index contributed by atoms with van der Waals surface area (Å²) in [5.41, 5.74) is 0.798. The molecule has 1 fully saturated rings. The van der Waals surface area contributed by atoms with Crippen molar-refractivity contribution in [3.05, 3.63) is 21.4 Å². The summed E-state index contributed by atoms with van der Waals surface area (Å²) < 4.78 is 5.34. The fraction of sp³-hybridized carbons (Fsp3) is 0.714. The number of carbonyl (C=O) groups excluding carboxylic acids is 2. The van der Waals surface area contributed by atoms with Gasteiger partial charge in [0.25, 0.3) is 5.91 Å². The van der Waals surface area contributed by atoms with Crippen molar-refractivity contribution in [1.29, 1.82) is 0 Å². The summed E-state index contributed by atoms with van der Waals surface area (Å²) in [5.74, 6) is 0.0543. The lowest BCUT2D eigenvalue weighted by atomic mass is 9.78. The second-order valence-electron chi connectivity index (χ2n) is 7.83. The number of amides is 1. The average Bonchev–Trinajstić information content (AvgIpc) is 3.17. The SMILES string of the molecule is CCOC(=O)C1(CNC(=O)c2cc3c(s2)CCCCCC3)CCCC1C. The zero-order chi connectivity index (χ0) is 18.6. The molecule has 0 radical (unpaired) electrons. The molecule has 26 heavy (non-hydrogen) atoms. The van der Waals surface area contributed by atoms with Gasteiger partial charge in [0.1, 0.15) is 0 Å². The molecule has 1 N–H and O–H groups in total. The number of hydrogen-bond acceptors (Lipinski definition) is 4. The van der Waals surface area contributed by atoms with Crippen LogP contribution in [0.1, 0.15) is 78.9 Å². The van der Waals surface area contributed by atoms with Crippen LogP contribution in [0.2, 0.25) is 0 Å². The Balaban J connectivity index is 1.69. The number of hydrogen-bond donors (Lipinski definition) is 1. The molecule has 144 valence electrons. The van der Waals surface area contributed by atoms with Gasteiger partial charge in [-0.3, -0.25) is 9.59 Å². The van der Waals surface area contributed by atoms with Gasteiger partial charge in [-0.25, -0.2) is 0 Å². The van der Waals surface area contributed by atoms with Crippen molar-refractivity contribution in [3.8, 4) is 0 Å². The summed E-state index contributed by atoms with van der Waals surface area (Å²) in [6.07, 6.45) is 10.0. The van der Waals surface area contributed by atoms with Crippen LogP contribution in [0.3, 0.4) is 0 Å². The van der Waals surface area contributed by atoms with Crippen LogP contribution >= 0.6 is 11.3 Å². The van der Waals surface area contributed by atoms with Gasteiger partial charge in [-0.05, 0) is 63.0 Å². The molecular weight excluding hydrogens is 346 g/mol. The molecule has 0 aromatic carbocycles. The summed E-state index contributed by atoms with van der Waals surface area (Å²) in [6.45, 7) is 4.71. The van der Waals surface area contributed by atoms with Crippen LogP contribution in [0.15, 0.2) is 6.07 Å². The van der Waals surface area contributed by atoms with E-state index in [1.54, 1.807) is 11.3 Å². The lowest BCUT2D eigenvalue weighted by Crippen LogP contribution is -2.45. The van der Waals surface area contributed by atoms with Gasteiger partial charge in [0.2, 0.25) is 0 Å². The number of carbonyl (C=O) groups is 2. The van der Waals surface area contributed by atoms with Crippen LogP contribution in [0.25, 0.3) is 0 Å². The Labute approximate surface area is 160 Å². The molecule has 0 saturated heterocycles. The molecule has 5 heteroatoms. The van der Waals surface area contributed by atoms with Gasteiger partial charge in [0.15, 0.2) is 0 Å². The Hall–Kier alpha value is -1.36. The molecule has 1 aromatic heterocycles. The highest BCUT2D eigenvalue weighted by molar-refractivity contribution is 7.14. The van der Waals surface area contributed by atoms with Crippen LogP contribution in [-0.2, 0) is 22.4 Å². The number of aryl methyl sites for hydroxylation is 2. The molecule has 0 spiro atoms. The van der Waals surface area contributed by atoms with Gasteiger partial charge < -0.3 is 10.1 Å². The van der Waals surface area contributed by atoms with E-state index < -0.39 is 5.41 Å². The molecule has 4 nitrogen and oxygen atoms in total. The smallest absolute Gasteiger partial charge is 0.314 e. The van der Waals surface area contributed by atoms with Crippen molar-refractivity contribution in [2.24, 2.45) is 11.3 Å². The van der Waals surface area contributed by atoms with E-state index in [-0.39, 0.29) is 17.8 Å². The van der Waals surface area contributed by atoms with Crippen LogP contribution in [-0.4, -0.2) is 25.0 Å². The third-order valence-corrected chi connectivity index (χ3v) is 7.41. The van der Waals surface area contributed by atoms with Gasteiger partial charge in [0.05, 0.1) is 16.9 Å². The highest BCUT2D eigenvalue weighted by Gasteiger charge is 2.48.